The lowest BCUT2D eigenvalue weighted by molar-refractivity contribution is -0.287. The Morgan fingerprint density at radius 3 is 1.45 bits per heavy atom. The molecule has 0 aliphatic carbocycles. The van der Waals surface area contributed by atoms with Crippen molar-refractivity contribution in [3.8, 4) is 11.5 Å². The minimum atomic E-state index is -5.16. The lowest BCUT2D eigenvalue weighted by Crippen LogP contribution is -2.21. The molecule has 0 bridgehead atoms. The second kappa shape index (κ2) is 4.58. The molecule has 11 heteroatoms. The first-order valence-electron chi connectivity index (χ1n) is 4.81. The van der Waals surface area contributed by atoms with Crippen molar-refractivity contribution >= 4 is 23.3 Å². The number of imidazole rings is 1. The van der Waals surface area contributed by atoms with E-state index >= 15 is 0 Å². The lowest BCUT2D eigenvalue weighted by atomic mass is 10.3. The van der Waals surface area contributed by atoms with E-state index in [1.807, 2.05) is 0 Å². The van der Waals surface area contributed by atoms with Crippen LogP contribution in [-0.4, -0.2) is 22.7 Å². The van der Waals surface area contributed by atoms with E-state index in [1.54, 1.807) is 0 Å². The molecule has 0 atom stereocenters. The molecule has 2 aromatic rings. The highest BCUT2D eigenvalue weighted by molar-refractivity contribution is 7.71. The summed E-state index contributed by atoms with van der Waals surface area (Å²) in [6.45, 7) is 0. The molecule has 0 radical (unpaired) electrons. The van der Waals surface area contributed by atoms with Crippen LogP contribution in [-0.2, 0) is 0 Å². The zero-order chi connectivity index (χ0) is 15.1. The van der Waals surface area contributed by atoms with Crippen molar-refractivity contribution in [3.63, 3.8) is 0 Å². The van der Waals surface area contributed by atoms with Gasteiger partial charge in [0.1, 0.15) is 0 Å². The molecule has 0 saturated carbocycles. The summed E-state index contributed by atoms with van der Waals surface area (Å²) < 4.78 is 80.0. The Hall–Kier alpha value is -1.91. The molecule has 2 rings (SSSR count). The van der Waals surface area contributed by atoms with Crippen LogP contribution in [0.2, 0.25) is 0 Å². The summed E-state index contributed by atoms with van der Waals surface area (Å²) >= 11 is 4.68. The summed E-state index contributed by atoms with van der Waals surface area (Å²) in [5.41, 5.74) is 0.0903. The number of aromatic amines is 2. The number of nitrogens with one attached hydrogen (secondary N) is 2. The number of halogens is 6. The Balaban J connectivity index is 2.55. The van der Waals surface area contributed by atoms with Crippen LogP contribution < -0.4 is 9.47 Å². The summed E-state index contributed by atoms with van der Waals surface area (Å²) in [6, 6.07) is 1.41. The van der Waals surface area contributed by atoms with Gasteiger partial charge in [-0.25, -0.2) is 0 Å². The number of hydrogen-bond acceptors (Lipinski definition) is 3. The molecule has 0 aliphatic heterocycles. The van der Waals surface area contributed by atoms with E-state index in [1.165, 1.54) is 0 Å². The number of alkyl halides is 6. The number of ether oxygens (including phenoxy) is 2. The number of aromatic nitrogens is 2. The number of hydrogen-bond donors (Lipinski definition) is 2. The average Bonchev–Trinajstić information content (AvgIpc) is 2.53. The van der Waals surface area contributed by atoms with E-state index in [4.69, 9.17) is 0 Å². The van der Waals surface area contributed by atoms with Crippen LogP contribution in [0.4, 0.5) is 26.3 Å². The van der Waals surface area contributed by atoms with Gasteiger partial charge in [-0.05, 0) is 12.2 Å². The van der Waals surface area contributed by atoms with Crippen LogP contribution >= 0.6 is 12.2 Å². The minimum Gasteiger partial charge on any atom is -0.402 e. The predicted molar refractivity (Wildman–Crippen MR) is 56.8 cm³/mol. The molecule has 2 N–H and O–H groups in total. The summed E-state index contributed by atoms with van der Waals surface area (Å²) in [7, 11) is 0. The number of rotatable bonds is 2. The molecular formula is C9H4F6N2O2S. The fraction of sp³-hybridized carbons (Fsp3) is 0.222. The van der Waals surface area contributed by atoms with Crippen molar-refractivity contribution in [2.24, 2.45) is 0 Å². The summed E-state index contributed by atoms with van der Waals surface area (Å²) in [5, 5.41) is 0. The standard InChI is InChI=1S/C9H4F6N2O2S/c10-8(11,12)18-5-1-3-4(17-7(20)16-3)2-6(5)19-9(13,14)15/h1-2H,(H2,16,17,20). The Morgan fingerprint density at radius 2 is 1.15 bits per heavy atom. The summed E-state index contributed by atoms with van der Waals surface area (Å²) in [6.07, 6.45) is -10.3. The molecule has 1 aromatic heterocycles. The zero-order valence-corrected chi connectivity index (χ0v) is 9.96. The molecule has 0 saturated heterocycles. The van der Waals surface area contributed by atoms with E-state index < -0.39 is 24.2 Å². The Labute approximate surface area is 111 Å². The molecule has 1 aromatic carbocycles. The summed E-state index contributed by atoms with van der Waals surface area (Å²) in [5.74, 6) is -2.26. The number of fused-ring (bicyclic) bond motifs is 1. The first kappa shape index (κ1) is 14.5. The van der Waals surface area contributed by atoms with Gasteiger partial charge < -0.3 is 19.4 Å². The third-order valence-electron chi connectivity index (χ3n) is 2.03. The van der Waals surface area contributed by atoms with Crippen LogP contribution in [0.25, 0.3) is 11.0 Å². The van der Waals surface area contributed by atoms with Crippen molar-refractivity contribution in [3.05, 3.63) is 16.9 Å². The van der Waals surface area contributed by atoms with Gasteiger partial charge in [-0.15, -0.1) is 26.3 Å². The van der Waals surface area contributed by atoms with Gasteiger partial charge in [0, 0.05) is 12.1 Å². The monoisotopic (exact) mass is 318 g/mol. The van der Waals surface area contributed by atoms with Crippen molar-refractivity contribution in [1.82, 2.24) is 9.97 Å². The van der Waals surface area contributed by atoms with Gasteiger partial charge >= 0.3 is 12.7 Å². The smallest absolute Gasteiger partial charge is 0.402 e. The topological polar surface area (TPSA) is 50.0 Å². The van der Waals surface area contributed by atoms with Crippen LogP contribution in [0.5, 0.6) is 11.5 Å². The number of benzene rings is 1. The van der Waals surface area contributed by atoms with E-state index in [0.29, 0.717) is 12.1 Å². The minimum absolute atomic E-state index is 0.0297. The van der Waals surface area contributed by atoms with Gasteiger partial charge in [-0.3, -0.25) is 0 Å². The maximum absolute atomic E-state index is 12.2. The molecule has 20 heavy (non-hydrogen) atoms. The maximum Gasteiger partial charge on any atom is 0.573 e. The number of H-pyrrole nitrogens is 2. The molecule has 4 nitrogen and oxygen atoms in total. The Kier molecular flexibility index (Phi) is 3.32. The van der Waals surface area contributed by atoms with E-state index in [9.17, 15) is 26.3 Å². The van der Waals surface area contributed by atoms with Crippen LogP contribution in [0.3, 0.4) is 0 Å². The third-order valence-corrected chi connectivity index (χ3v) is 2.24. The van der Waals surface area contributed by atoms with Crippen molar-refractivity contribution in [2.45, 2.75) is 12.7 Å². The maximum atomic E-state index is 12.2. The second-order valence-electron chi connectivity index (χ2n) is 3.52. The first-order chi connectivity index (χ1) is 9.03. The van der Waals surface area contributed by atoms with Crippen molar-refractivity contribution in [1.29, 1.82) is 0 Å². The molecule has 0 aliphatic rings. The quantitative estimate of drug-likeness (QED) is 0.649. The van der Waals surface area contributed by atoms with Crippen molar-refractivity contribution < 1.29 is 35.8 Å². The fourth-order valence-electron chi connectivity index (χ4n) is 1.45. The Morgan fingerprint density at radius 1 is 0.800 bits per heavy atom. The second-order valence-corrected chi connectivity index (χ2v) is 3.93. The molecule has 0 spiro atoms. The highest BCUT2D eigenvalue weighted by atomic mass is 32.1. The average molecular weight is 318 g/mol. The van der Waals surface area contributed by atoms with E-state index in [2.05, 4.69) is 31.7 Å². The van der Waals surface area contributed by atoms with Crippen LogP contribution in [0.15, 0.2) is 12.1 Å². The van der Waals surface area contributed by atoms with Crippen molar-refractivity contribution in [2.75, 3.05) is 0 Å². The van der Waals surface area contributed by atoms with Crippen LogP contribution in [0, 0.1) is 4.77 Å². The largest absolute Gasteiger partial charge is 0.573 e. The molecule has 1 heterocycles. The highest BCUT2D eigenvalue weighted by Crippen LogP contribution is 2.38. The van der Waals surface area contributed by atoms with Gasteiger partial charge in [0.15, 0.2) is 16.3 Å². The van der Waals surface area contributed by atoms with Gasteiger partial charge in [-0.2, -0.15) is 0 Å². The molecule has 0 unspecified atom stereocenters. The molecule has 110 valence electrons. The van der Waals surface area contributed by atoms with Gasteiger partial charge in [0.2, 0.25) is 0 Å². The molecular weight excluding hydrogens is 314 g/mol. The van der Waals surface area contributed by atoms with E-state index in [0.717, 1.165) is 0 Å². The predicted octanol–water partition coefficient (Wildman–Crippen LogP) is 4.02. The first-order valence-corrected chi connectivity index (χ1v) is 5.22. The van der Waals surface area contributed by atoms with Gasteiger partial charge in [-0.1, -0.05) is 0 Å². The third kappa shape index (κ3) is 3.56. The SMILES string of the molecule is FC(F)(F)Oc1cc2[nH]c(=S)[nH]c2cc1OC(F)(F)F. The van der Waals surface area contributed by atoms with Crippen LogP contribution in [0.1, 0.15) is 0 Å². The highest BCUT2D eigenvalue weighted by Gasteiger charge is 2.36. The normalized spacial score (nSPS) is 12.7. The summed E-state index contributed by atoms with van der Waals surface area (Å²) in [4.78, 5) is 4.90. The fourth-order valence-corrected chi connectivity index (χ4v) is 1.67. The van der Waals surface area contributed by atoms with Gasteiger partial charge in [0.05, 0.1) is 11.0 Å². The molecule has 0 fully saturated rings. The Bertz CT molecular complexity index is 630. The molecule has 0 amide bonds. The zero-order valence-electron chi connectivity index (χ0n) is 9.15. The van der Waals surface area contributed by atoms with Gasteiger partial charge in [0.25, 0.3) is 0 Å². The lowest BCUT2D eigenvalue weighted by Gasteiger charge is -2.15. The van der Waals surface area contributed by atoms with E-state index in [-0.39, 0.29) is 15.8 Å².